The molecule has 4 rings (SSSR count). The number of carbonyl (C=O) groups is 1. The summed E-state index contributed by atoms with van der Waals surface area (Å²) < 4.78 is 5.24. The largest absolute Gasteiger partial charge is 0.500 e. The molecule has 0 aliphatic heterocycles. The lowest BCUT2D eigenvalue weighted by molar-refractivity contribution is -0.386. The molecule has 3 N–H and O–H groups in total. The number of phenols is 1. The zero-order chi connectivity index (χ0) is 22.8. The zero-order valence-corrected chi connectivity index (χ0v) is 17.8. The Balaban J connectivity index is 1.54. The zero-order valence-electron chi connectivity index (χ0n) is 17.8. The van der Waals surface area contributed by atoms with Gasteiger partial charge in [-0.05, 0) is 61.9 Å². The van der Waals surface area contributed by atoms with Crippen molar-refractivity contribution in [1.82, 2.24) is 10.4 Å². The molecule has 0 fully saturated rings. The molecule has 32 heavy (non-hydrogen) atoms. The highest BCUT2D eigenvalue weighted by Crippen LogP contribution is 2.36. The number of amides is 1. The lowest BCUT2D eigenvalue weighted by Gasteiger charge is -2.18. The fourth-order valence-corrected chi connectivity index (χ4v) is 4.06. The first kappa shape index (κ1) is 21.4. The number of fused-ring (bicyclic) bond motifs is 3. The van der Waals surface area contributed by atoms with Crippen molar-refractivity contribution in [3.05, 3.63) is 62.8 Å². The van der Waals surface area contributed by atoms with Crippen LogP contribution in [-0.2, 0) is 12.8 Å². The Bertz CT molecular complexity index is 1230. The number of aromatic amines is 1. The number of nitrogens with one attached hydrogen (secondary N) is 2. The van der Waals surface area contributed by atoms with Gasteiger partial charge in [-0.15, -0.1) is 0 Å². The fourth-order valence-electron chi connectivity index (χ4n) is 4.06. The number of aromatic hydroxyl groups is 1. The SMILES string of the molecule is CCOc1cc(/C=N\NC(=O)c2ccc3[nH]c4c(c3c2)CC(C)CC4)cc([N+](=O)[O-])c1O. The topological polar surface area (TPSA) is 130 Å². The summed E-state index contributed by atoms with van der Waals surface area (Å²) >= 11 is 0. The van der Waals surface area contributed by atoms with Crippen molar-refractivity contribution >= 4 is 28.7 Å². The Morgan fingerprint density at radius 3 is 2.97 bits per heavy atom. The molecule has 0 radical (unpaired) electrons. The van der Waals surface area contributed by atoms with Crippen LogP contribution in [0.25, 0.3) is 10.9 Å². The van der Waals surface area contributed by atoms with Gasteiger partial charge in [-0.3, -0.25) is 14.9 Å². The standard InChI is InChI=1S/C23H24N4O5/c1-3-32-21-10-14(9-20(22(21)28)27(30)31)12-24-26-23(29)15-5-7-19-17(11-15)16-8-13(2)4-6-18(16)25-19/h5,7,9-13,25,28H,3-4,6,8H2,1-2H3,(H,26,29)/b24-12-. The number of aryl methyl sites for hydroxylation is 1. The molecule has 9 nitrogen and oxygen atoms in total. The number of rotatable bonds is 6. The molecule has 3 aromatic rings. The van der Waals surface area contributed by atoms with E-state index in [-0.39, 0.29) is 18.3 Å². The molecule has 166 valence electrons. The van der Waals surface area contributed by atoms with Crippen LogP contribution in [0.15, 0.2) is 35.4 Å². The van der Waals surface area contributed by atoms with Crippen LogP contribution in [-0.4, -0.2) is 33.7 Å². The summed E-state index contributed by atoms with van der Waals surface area (Å²) in [6, 6.07) is 8.07. The highest BCUT2D eigenvalue weighted by atomic mass is 16.6. The molecule has 1 aliphatic rings. The second-order valence-corrected chi connectivity index (χ2v) is 7.97. The fraction of sp³-hybridized carbons (Fsp3) is 0.304. The van der Waals surface area contributed by atoms with Crippen molar-refractivity contribution in [2.45, 2.75) is 33.1 Å². The summed E-state index contributed by atoms with van der Waals surface area (Å²) in [6.07, 6.45) is 4.42. The van der Waals surface area contributed by atoms with Gasteiger partial charge in [-0.25, -0.2) is 5.43 Å². The molecule has 1 atom stereocenters. The normalized spacial score (nSPS) is 15.6. The van der Waals surface area contributed by atoms with Crippen LogP contribution in [0, 0.1) is 16.0 Å². The van der Waals surface area contributed by atoms with E-state index in [0.29, 0.717) is 17.0 Å². The Labute approximate surface area is 184 Å². The molecule has 2 aromatic carbocycles. The minimum atomic E-state index is -0.707. The lowest BCUT2D eigenvalue weighted by atomic mass is 9.87. The predicted octanol–water partition coefficient (Wildman–Crippen LogP) is 4.07. The number of benzene rings is 2. The maximum absolute atomic E-state index is 12.6. The van der Waals surface area contributed by atoms with Crippen LogP contribution in [0.3, 0.4) is 0 Å². The van der Waals surface area contributed by atoms with Crippen LogP contribution in [0.4, 0.5) is 5.69 Å². The molecular formula is C23H24N4O5. The van der Waals surface area contributed by atoms with E-state index in [2.05, 4.69) is 22.4 Å². The number of nitro groups is 1. The Morgan fingerprint density at radius 1 is 1.41 bits per heavy atom. The quantitative estimate of drug-likeness (QED) is 0.305. The van der Waals surface area contributed by atoms with E-state index < -0.39 is 16.4 Å². The molecule has 1 aliphatic carbocycles. The van der Waals surface area contributed by atoms with Crippen LogP contribution < -0.4 is 10.2 Å². The van der Waals surface area contributed by atoms with Gasteiger partial charge in [-0.2, -0.15) is 5.10 Å². The van der Waals surface area contributed by atoms with Gasteiger partial charge in [0.25, 0.3) is 5.91 Å². The summed E-state index contributed by atoms with van der Waals surface area (Å²) in [5, 5.41) is 26.1. The summed E-state index contributed by atoms with van der Waals surface area (Å²) in [7, 11) is 0. The summed E-state index contributed by atoms with van der Waals surface area (Å²) in [5.74, 6) is -0.346. The van der Waals surface area contributed by atoms with Gasteiger partial charge in [0.05, 0.1) is 17.7 Å². The number of nitrogens with zero attached hydrogens (tertiary/aromatic N) is 2. The third kappa shape index (κ3) is 4.14. The average Bonchev–Trinajstić information content (AvgIpc) is 3.12. The second-order valence-electron chi connectivity index (χ2n) is 7.97. The first-order valence-corrected chi connectivity index (χ1v) is 10.5. The smallest absolute Gasteiger partial charge is 0.315 e. The Kier molecular flexibility index (Phi) is 5.81. The number of phenolic OH excluding ortho intramolecular Hbond substituents is 1. The number of hydrogen-bond acceptors (Lipinski definition) is 6. The minimum absolute atomic E-state index is 0.0219. The van der Waals surface area contributed by atoms with Crippen molar-refractivity contribution < 1.29 is 19.6 Å². The van der Waals surface area contributed by atoms with Crippen LogP contribution in [0.1, 0.15) is 47.4 Å². The molecule has 9 heteroatoms. The van der Waals surface area contributed by atoms with Crippen molar-refractivity contribution in [3.63, 3.8) is 0 Å². The number of aromatic nitrogens is 1. The highest BCUT2D eigenvalue weighted by Gasteiger charge is 2.21. The van der Waals surface area contributed by atoms with Crippen molar-refractivity contribution in [2.75, 3.05) is 6.61 Å². The summed E-state index contributed by atoms with van der Waals surface area (Å²) in [6.45, 7) is 4.16. The van der Waals surface area contributed by atoms with E-state index in [1.165, 1.54) is 23.5 Å². The Hall–Kier alpha value is -3.88. The lowest BCUT2D eigenvalue weighted by Crippen LogP contribution is -2.17. The van der Waals surface area contributed by atoms with Crippen LogP contribution >= 0.6 is 0 Å². The van der Waals surface area contributed by atoms with E-state index in [4.69, 9.17) is 4.74 Å². The molecular weight excluding hydrogens is 412 g/mol. The predicted molar refractivity (Wildman–Crippen MR) is 120 cm³/mol. The van der Waals surface area contributed by atoms with E-state index in [9.17, 15) is 20.0 Å². The minimum Gasteiger partial charge on any atom is -0.500 e. The van der Waals surface area contributed by atoms with Gasteiger partial charge in [-0.1, -0.05) is 6.92 Å². The van der Waals surface area contributed by atoms with Crippen molar-refractivity contribution in [3.8, 4) is 11.5 Å². The first-order chi connectivity index (χ1) is 15.4. The van der Waals surface area contributed by atoms with E-state index in [1.807, 2.05) is 12.1 Å². The molecule has 1 unspecified atom stereocenters. The number of carbonyl (C=O) groups excluding carboxylic acids is 1. The number of hydrogen-bond donors (Lipinski definition) is 3. The third-order valence-electron chi connectivity index (χ3n) is 5.65. The van der Waals surface area contributed by atoms with E-state index in [0.717, 1.165) is 36.2 Å². The number of hydrazone groups is 1. The van der Waals surface area contributed by atoms with Gasteiger partial charge in [0.1, 0.15) is 0 Å². The first-order valence-electron chi connectivity index (χ1n) is 10.5. The molecule has 0 spiro atoms. The monoisotopic (exact) mass is 436 g/mol. The molecule has 0 saturated heterocycles. The molecule has 0 saturated carbocycles. The van der Waals surface area contributed by atoms with Gasteiger partial charge >= 0.3 is 5.69 Å². The number of ether oxygens (including phenoxy) is 1. The summed E-state index contributed by atoms with van der Waals surface area (Å²) in [5.41, 5.74) is 6.27. The number of nitro benzene ring substituents is 1. The van der Waals surface area contributed by atoms with Gasteiger partial charge in [0.15, 0.2) is 5.75 Å². The second kappa shape index (κ2) is 8.70. The molecule has 0 bridgehead atoms. The van der Waals surface area contributed by atoms with Gasteiger partial charge < -0.3 is 14.8 Å². The molecule has 1 aromatic heterocycles. The maximum atomic E-state index is 12.6. The van der Waals surface area contributed by atoms with Gasteiger partial charge in [0, 0.05) is 33.8 Å². The van der Waals surface area contributed by atoms with Crippen molar-refractivity contribution in [2.24, 2.45) is 11.0 Å². The molecule has 1 amide bonds. The maximum Gasteiger partial charge on any atom is 0.315 e. The summed E-state index contributed by atoms with van der Waals surface area (Å²) in [4.78, 5) is 26.5. The van der Waals surface area contributed by atoms with Gasteiger partial charge in [0.2, 0.25) is 5.75 Å². The third-order valence-corrected chi connectivity index (χ3v) is 5.65. The van der Waals surface area contributed by atoms with Crippen LogP contribution in [0.2, 0.25) is 0 Å². The molecule has 1 heterocycles. The van der Waals surface area contributed by atoms with E-state index in [1.54, 1.807) is 13.0 Å². The average molecular weight is 436 g/mol. The highest BCUT2D eigenvalue weighted by molar-refractivity contribution is 5.99. The number of H-pyrrole nitrogens is 1. The van der Waals surface area contributed by atoms with Crippen molar-refractivity contribution in [1.29, 1.82) is 0 Å². The van der Waals surface area contributed by atoms with Crippen LogP contribution in [0.5, 0.6) is 11.5 Å². The van der Waals surface area contributed by atoms with E-state index >= 15 is 0 Å². The Morgan fingerprint density at radius 2 is 2.22 bits per heavy atom.